The van der Waals surface area contributed by atoms with E-state index in [9.17, 15) is 17.6 Å². The van der Waals surface area contributed by atoms with E-state index in [0.717, 1.165) is 30.8 Å². The van der Waals surface area contributed by atoms with Gasteiger partial charge in [-0.3, -0.25) is 9.52 Å². The van der Waals surface area contributed by atoms with Crippen LogP contribution in [0.5, 0.6) is 0 Å². The zero-order chi connectivity index (χ0) is 24.1. The first kappa shape index (κ1) is 23.7. The van der Waals surface area contributed by atoms with Gasteiger partial charge >= 0.3 is 0 Å². The van der Waals surface area contributed by atoms with Crippen molar-refractivity contribution < 1.29 is 17.6 Å². The van der Waals surface area contributed by atoms with E-state index < -0.39 is 15.8 Å². The van der Waals surface area contributed by atoms with Crippen molar-refractivity contribution in [3.63, 3.8) is 0 Å². The van der Waals surface area contributed by atoms with Gasteiger partial charge < -0.3 is 15.1 Å². The third-order valence-electron chi connectivity index (χ3n) is 5.50. The summed E-state index contributed by atoms with van der Waals surface area (Å²) in [5, 5.41) is 3.27. The number of carbonyl (C=O) groups excluding carboxylic acids is 1. The highest BCUT2D eigenvalue weighted by molar-refractivity contribution is 7.92. The van der Waals surface area contributed by atoms with Crippen LogP contribution in [0.3, 0.4) is 0 Å². The molecule has 34 heavy (non-hydrogen) atoms. The number of hydrogen-bond donors (Lipinski definition) is 2. The first-order chi connectivity index (χ1) is 16.3. The van der Waals surface area contributed by atoms with Gasteiger partial charge in [0, 0.05) is 39.8 Å². The lowest BCUT2D eigenvalue weighted by Gasteiger charge is -2.30. The number of pyridine rings is 1. The maximum Gasteiger partial charge on any atom is 0.261 e. The van der Waals surface area contributed by atoms with Crippen LogP contribution in [0, 0.1) is 5.82 Å². The molecule has 0 spiro atoms. The summed E-state index contributed by atoms with van der Waals surface area (Å²) in [6, 6.07) is 15.6. The molecule has 0 aliphatic carbocycles. The summed E-state index contributed by atoms with van der Waals surface area (Å²) in [5.41, 5.74) is 1.43. The van der Waals surface area contributed by atoms with Crippen molar-refractivity contribution >= 4 is 27.4 Å². The maximum atomic E-state index is 13.5. The van der Waals surface area contributed by atoms with Crippen LogP contribution < -0.4 is 14.9 Å². The number of anilines is 2. The van der Waals surface area contributed by atoms with Gasteiger partial charge in [-0.25, -0.2) is 17.8 Å². The number of nitrogens with one attached hydrogen (secondary N) is 2. The lowest BCUT2D eigenvalue weighted by Crippen LogP contribution is -2.44. The topological polar surface area (TPSA) is 94.6 Å². The minimum absolute atomic E-state index is 0.0887. The first-order valence-corrected chi connectivity index (χ1v) is 12.4. The molecule has 1 saturated heterocycles. The molecule has 1 fully saturated rings. The van der Waals surface area contributed by atoms with Crippen molar-refractivity contribution in [1.29, 1.82) is 0 Å². The molecule has 1 aliphatic rings. The molecule has 2 heterocycles. The van der Waals surface area contributed by atoms with Crippen molar-refractivity contribution in [2.75, 3.05) is 42.8 Å². The molecule has 2 aromatic carbocycles. The van der Waals surface area contributed by atoms with Crippen molar-refractivity contribution in [2.24, 2.45) is 0 Å². The largest absolute Gasteiger partial charge is 0.353 e. The average molecular weight is 484 g/mol. The van der Waals surface area contributed by atoms with Crippen molar-refractivity contribution in [1.82, 2.24) is 15.2 Å². The van der Waals surface area contributed by atoms with Gasteiger partial charge in [0.05, 0.1) is 22.3 Å². The first-order valence-electron chi connectivity index (χ1n) is 10.9. The van der Waals surface area contributed by atoms with E-state index in [1.807, 2.05) is 35.2 Å². The summed E-state index contributed by atoms with van der Waals surface area (Å²) in [6.45, 7) is 3.26. The minimum Gasteiger partial charge on any atom is -0.353 e. The van der Waals surface area contributed by atoms with Gasteiger partial charge in [0.2, 0.25) is 0 Å². The fraction of sp³-hybridized carbons (Fsp3) is 0.250. The summed E-state index contributed by atoms with van der Waals surface area (Å²) in [7, 11) is -2.28. The molecule has 0 saturated carbocycles. The van der Waals surface area contributed by atoms with E-state index in [2.05, 4.69) is 15.0 Å². The molecule has 1 aliphatic heterocycles. The van der Waals surface area contributed by atoms with Crippen molar-refractivity contribution in [3.8, 4) is 0 Å². The minimum atomic E-state index is -3.98. The number of piperazine rings is 1. The second kappa shape index (κ2) is 10.2. The van der Waals surface area contributed by atoms with Crippen LogP contribution in [0.2, 0.25) is 0 Å². The molecular formula is C24H26FN5O3S. The second-order valence-electron chi connectivity index (χ2n) is 8.04. The molecule has 4 rings (SSSR count). The lowest BCUT2D eigenvalue weighted by molar-refractivity contribution is 0.0785. The zero-order valence-corrected chi connectivity index (χ0v) is 19.6. The van der Waals surface area contributed by atoms with E-state index in [4.69, 9.17) is 0 Å². The third kappa shape index (κ3) is 5.52. The Bertz CT molecular complexity index is 1250. The summed E-state index contributed by atoms with van der Waals surface area (Å²) in [5.74, 6) is -0.292. The fourth-order valence-corrected chi connectivity index (χ4v) is 4.80. The Morgan fingerprint density at radius 3 is 2.47 bits per heavy atom. The molecule has 3 aromatic rings. The number of aromatic nitrogens is 1. The van der Waals surface area contributed by atoms with E-state index in [1.165, 1.54) is 24.4 Å². The standard InChI is InChI=1S/C24H26FN5O3S/c1-29(17-18-5-3-2-4-6-18)24(31)22-15-20(16-27-23(22)30-13-11-26-12-14-30)28-34(32,33)21-9-7-19(25)8-10-21/h2-10,15-16,26,28H,11-14,17H2,1H3. The van der Waals surface area contributed by atoms with Crippen LogP contribution >= 0.6 is 0 Å². The Kier molecular flexibility index (Phi) is 7.09. The summed E-state index contributed by atoms with van der Waals surface area (Å²) >= 11 is 0. The highest BCUT2D eigenvalue weighted by atomic mass is 32.2. The van der Waals surface area contributed by atoms with Gasteiger partial charge in [-0.05, 0) is 35.9 Å². The molecule has 0 radical (unpaired) electrons. The highest BCUT2D eigenvalue weighted by Crippen LogP contribution is 2.25. The van der Waals surface area contributed by atoms with E-state index >= 15 is 0 Å². The fourth-order valence-electron chi connectivity index (χ4n) is 3.76. The summed E-state index contributed by atoms with van der Waals surface area (Å²) < 4.78 is 41.2. The van der Waals surface area contributed by atoms with Crippen LogP contribution in [-0.4, -0.2) is 57.4 Å². The molecule has 10 heteroatoms. The van der Waals surface area contributed by atoms with Crippen molar-refractivity contribution in [3.05, 3.63) is 83.8 Å². The predicted molar refractivity (Wildman–Crippen MR) is 129 cm³/mol. The molecule has 8 nitrogen and oxygen atoms in total. The lowest BCUT2D eigenvalue weighted by atomic mass is 10.1. The molecule has 0 unspecified atom stereocenters. The van der Waals surface area contributed by atoms with Gasteiger partial charge in [0.15, 0.2) is 0 Å². The number of sulfonamides is 1. The Labute approximate surface area is 198 Å². The zero-order valence-electron chi connectivity index (χ0n) is 18.7. The quantitative estimate of drug-likeness (QED) is 0.537. The molecule has 178 valence electrons. The van der Waals surface area contributed by atoms with Gasteiger partial charge in [0.25, 0.3) is 15.9 Å². The number of benzene rings is 2. The third-order valence-corrected chi connectivity index (χ3v) is 6.90. The van der Waals surface area contributed by atoms with Crippen LogP contribution in [0.1, 0.15) is 15.9 Å². The van der Waals surface area contributed by atoms with Crippen LogP contribution in [-0.2, 0) is 16.6 Å². The number of hydrogen-bond acceptors (Lipinski definition) is 6. The van der Waals surface area contributed by atoms with Gasteiger partial charge in [-0.15, -0.1) is 0 Å². The Hall–Kier alpha value is -3.50. The van der Waals surface area contributed by atoms with Crippen LogP contribution in [0.25, 0.3) is 0 Å². The maximum absolute atomic E-state index is 13.5. The predicted octanol–water partition coefficient (Wildman–Crippen LogP) is 2.70. The number of carbonyl (C=O) groups is 1. The Morgan fingerprint density at radius 1 is 1.12 bits per heavy atom. The molecule has 1 aromatic heterocycles. The Balaban J connectivity index is 1.65. The summed E-state index contributed by atoms with van der Waals surface area (Å²) in [6.07, 6.45) is 1.40. The monoisotopic (exact) mass is 483 g/mol. The molecule has 0 bridgehead atoms. The van der Waals surface area contributed by atoms with Crippen LogP contribution in [0.15, 0.2) is 71.8 Å². The normalized spacial score (nSPS) is 14.0. The number of amides is 1. The number of nitrogens with zero attached hydrogens (tertiary/aromatic N) is 3. The number of halogens is 1. The second-order valence-corrected chi connectivity index (χ2v) is 9.72. The van der Waals surface area contributed by atoms with Crippen molar-refractivity contribution in [2.45, 2.75) is 11.4 Å². The molecule has 2 N–H and O–H groups in total. The van der Waals surface area contributed by atoms with E-state index in [0.29, 0.717) is 31.0 Å². The highest BCUT2D eigenvalue weighted by Gasteiger charge is 2.24. The van der Waals surface area contributed by atoms with Gasteiger partial charge in [-0.1, -0.05) is 30.3 Å². The van der Waals surface area contributed by atoms with Crippen LogP contribution in [0.4, 0.5) is 15.9 Å². The van der Waals surface area contributed by atoms with Gasteiger partial charge in [0.1, 0.15) is 11.6 Å². The van der Waals surface area contributed by atoms with E-state index in [-0.39, 0.29) is 16.5 Å². The average Bonchev–Trinajstić information content (AvgIpc) is 2.84. The smallest absolute Gasteiger partial charge is 0.261 e. The summed E-state index contributed by atoms with van der Waals surface area (Å²) in [4.78, 5) is 21.4. The number of rotatable bonds is 7. The SMILES string of the molecule is CN(Cc1ccccc1)C(=O)c1cc(NS(=O)(=O)c2ccc(F)cc2)cnc1N1CCNCC1. The molecular weight excluding hydrogens is 457 g/mol. The Morgan fingerprint density at radius 2 is 1.79 bits per heavy atom. The van der Waals surface area contributed by atoms with Gasteiger partial charge in [-0.2, -0.15) is 0 Å². The molecule has 1 amide bonds. The molecule has 0 atom stereocenters. The van der Waals surface area contributed by atoms with E-state index in [1.54, 1.807) is 11.9 Å².